The van der Waals surface area contributed by atoms with E-state index in [-0.39, 0.29) is 5.41 Å². The Bertz CT molecular complexity index is 588. The first kappa shape index (κ1) is 13.6. The van der Waals surface area contributed by atoms with E-state index in [9.17, 15) is 0 Å². The average Bonchev–Trinajstić information content (AvgIpc) is 2.85. The van der Waals surface area contributed by atoms with E-state index in [2.05, 4.69) is 48.1 Å². The van der Waals surface area contributed by atoms with Crippen molar-refractivity contribution in [3.05, 3.63) is 29.6 Å². The lowest BCUT2D eigenvalue weighted by atomic mass is 9.85. The lowest BCUT2D eigenvalue weighted by molar-refractivity contribution is 0.229. The number of nitrogens with zero attached hydrogens (tertiary/aromatic N) is 2. The van der Waals surface area contributed by atoms with Gasteiger partial charge in [-0.3, -0.25) is 4.90 Å². The minimum absolute atomic E-state index is 0.127. The number of pyridine rings is 1. The van der Waals surface area contributed by atoms with Crippen molar-refractivity contribution in [3.63, 3.8) is 0 Å². The van der Waals surface area contributed by atoms with Crippen LogP contribution in [0, 0.1) is 0 Å². The fraction of sp³-hybridized carbons (Fsp3) is 0.562. The summed E-state index contributed by atoms with van der Waals surface area (Å²) in [5, 5.41) is 4.61. The van der Waals surface area contributed by atoms with E-state index in [0.29, 0.717) is 0 Å². The molecule has 1 saturated heterocycles. The summed E-state index contributed by atoms with van der Waals surface area (Å²) >= 11 is 0. The summed E-state index contributed by atoms with van der Waals surface area (Å²) < 4.78 is 0. The zero-order valence-corrected chi connectivity index (χ0v) is 12.7. The van der Waals surface area contributed by atoms with Gasteiger partial charge >= 0.3 is 0 Å². The van der Waals surface area contributed by atoms with Crippen LogP contribution in [0.25, 0.3) is 11.0 Å². The molecule has 0 aliphatic carbocycles. The molecular weight excluding hydrogens is 248 g/mol. The summed E-state index contributed by atoms with van der Waals surface area (Å²) in [6.45, 7) is 12.1. The molecule has 0 unspecified atom stereocenters. The van der Waals surface area contributed by atoms with Crippen LogP contribution in [0.5, 0.6) is 0 Å². The van der Waals surface area contributed by atoms with Gasteiger partial charge in [0.05, 0.1) is 5.69 Å². The van der Waals surface area contributed by atoms with E-state index in [0.717, 1.165) is 38.4 Å². The number of aromatic nitrogens is 2. The number of rotatable bonds is 2. The Morgan fingerprint density at radius 3 is 2.70 bits per heavy atom. The number of H-pyrrole nitrogens is 1. The zero-order valence-electron chi connectivity index (χ0n) is 12.7. The van der Waals surface area contributed by atoms with Gasteiger partial charge in [-0.15, -0.1) is 0 Å². The van der Waals surface area contributed by atoms with E-state index in [1.54, 1.807) is 0 Å². The molecule has 2 aromatic heterocycles. The lowest BCUT2D eigenvalue weighted by Crippen LogP contribution is -2.43. The summed E-state index contributed by atoms with van der Waals surface area (Å²) in [6, 6.07) is 4.41. The third-order valence-corrected chi connectivity index (χ3v) is 4.00. The SMILES string of the molecule is CC(C)(C)c1cc2cc[nH]c2nc1CN1CCNCC1. The van der Waals surface area contributed by atoms with Crippen molar-refractivity contribution in [1.29, 1.82) is 0 Å². The van der Waals surface area contributed by atoms with E-state index in [1.807, 2.05) is 6.20 Å². The lowest BCUT2D eigenvalue weighted by Gasteiger charge is -2.29. The fourth-order valence-corrected chi connectivity index (χ4v) is 2.87. The van der Waals surface area contributed by atoms with Crippen molar-refractivity contribution in [3.8, 4) is 0 Å². The predicted molar refractivity (Wildman–Crippen MR) is 82.9 cm³/mol. The van der Waals surface area contributed by atoms with Crippen LogP contribution in [0.4, 0.5) is 0 Å². The summed E-state index contributed by atoms with van der Waals surface area (Å²) in [5.74, 6) is 0. The van der Waals surface area contributed by atoms with Crippen molar-refractivity contribution >= 4 is 11.0 Å². The Morgan fingerprint density at radius 2 is 2.00 bits per heavy atom. The first-order valence-corrected chi connectivity index (χ1v) is 7.44. The number of hydrogen-bond acceptors (Lipinski definition) is 3. The molecule has 1 aliphatic rings. The van der Waals surface area contributed by atoms with Gasteiger partial charge in [0, 0.05) is 44.3 Å². The Labute approximate surface area is 120 Å². The second-order valence-corrected chi connectivity index (χ2v) is 6.67. The third-order valence-electron chi connectivity index (χ3n) is 4.00. The van der Waals surface area contributed by atoms with Crippen molar-refractivity contribution in [2.45, 2.75) is 32.7 Å². The van der Waals surface area contributed by atoms with E-state index >= 15 is 0 Å². The Kier molecular flexibility index (Phi) is 3.52. The molecule has 0 saturated carbocycles. The van der Waals surface area contributed by atoms with Crippen molar-refractivity contribution < 1.29 is 0 Å². The Morgan fingerprint density at radius 1 is 1.25 bits per heavy atom. The van der Waals surface area contributed by atoms with Crippen LogP contribution in [0.3, 0.4) is 0 Å². The molecule has 0 amide bonds. The highest BCUT2D eigenvalue weighted by atomic mass is 15.2. The summed E-state index contributed by atoms with van der Waals surface area (Å²) in [4.78, 5) is 10.6. The summed E-state index contributed by atoms with van der Waals surface area (Å²) in [5.41, 5.74) is 3.71. The molecule has 2 aromatic rings. The molecule has 2 N–H and O–H groups in total. The number of nitrogens with one attached hydrogen (secondary N) is 2. The summed E-state index contributed by atoms with van der Waals surface area (Å²) in [6.07, 6.45) is 1.97. The predicted octanol–water partition coefficient (Wildman–Crippen LogP) is 2.27. The molecule has 4 heteroatoms. The van der Waals surface area contributed by atoms with Crippen LogP contribution in [-0.2, 0) is 12.0 Å². The van der Waals surface area contributed by atoms with Crippen LogP contribution in [0.2, 0.25) is 0 Å². The van der Waals surface area contributed by atoms with Gasteiger partial charge in [-0.2, -0.15) is 0 Å². The highest BCUT2D eigenvalue weighted by molar-refractivity contribution is 5.76. The molecule has 1 aliphatic heterocycles. The van der Waals surface area contributed by atoms with Crippen molar-refractivity contribution in [2.24, 2.45) is 0 Å². The van der Waals surface area contributed by atoms with Crippen LogP contribution in [0.15, 0.2) is 18.3 Å². The number of aromatic amines is 1. The minimum Gasteiger partial charge on any atom is -0.346 e. The van der Waals surface area contributed by atoms with E-state index < -0.39 is 0 Å². The normalized spacial score (nSPS) is 17.8. The first-order valence-electron chi connectivity index (χ1n) is 7.44. The van der Waals surface area contributed by atoms with Gasteiger partial charge < -0.3 is 10.3 Å². The van der Waals surface area contributed by atoms with Crippen LogP contribution in [0.1, 0.15) is 32.0 Å². The van der Waals surface area contributed by atoms with E-state index in [4.69, 9.17) is 4.98 Å². The van der Waals surface area contributed by atoms with Crippen LogP contribution >= 0.6 is 0 Å². The van der Waals surface area contributed by atoms with Crippen LogP contribution in [-0.4, -0.2) is 41.0 Å². The Balaban J connectivity index is 1.97. The first-order chi connectivity index (χ1) is 9.54. The second kappa shape index (κ2) is 5.19. The highest BCUT2D eigenvalue weighted by Gasteiger charge is 2.22. The van der Waals surface area contributed by atoms with Gasteiger partial charge in [0.15, 0.2) is 0 Å². The third kappa shape index (κ3) is 2.72. The monoisotopic (exact) mass is 272 g/mol. The molecule has 20 heavy (non-hydrogen) atoms. The molecule has 0 bridgehead atoms. The van der Waals surface area contributed by atoms with Gasteiger partial charge in [-0.1, -0.05) is 20.8 Å². The summed E-state index contributed by atoms with van der Waals surface area (Å²) in [7, 11) is 0. The maximum Gasteiger partial charge on any atom is 0.137 e. The van der Waals surface area contributed by atoms with Gasteiger partial charge in [-0.25, -0.2) is 4.98 Å². The molecule has 0 aromatic carbocycles. The molecule has 108 valence electrons. The second-order valence-electron chi connectivity index (χ2n) is 6.67. The van der Waals surface area contributed by atoms with Gasteiger partial charge in [0.25, 0.3) is 0 Å². The minimum atomic E-state index is 0.127. The fourth-order valence-electron chi connectivity index (χ4n) is 2.87. The van der Waals surface area contributed by atoms with Crippen molar-refractivity contribution in [2.75, 3.05) is 26.2 Å². The molecular formula is C16H24N4. The zero-order chi connectivity index (χ0) is 14.2. The van der Waals surface area contributed by atoms with Crippen molar-refractivity contribution in [1.82, 2.24) is 20.2 Å². The molecule has 0 radical (unpaired) electrons. The van der Waals surface area contributed by atoms with Gasteiger partial charge in [0.2, 0.25) is 0 Å². The van der Waals surface area contributed by atoms with E-state index in [1.165, 1.54) is 16.6 Å². The molecule has 4 nitrogen and oxygen atoms in total. The Hall–Kier alpha value is -1.39. The number of fused-ring (bicyclic) bond motifs is 1. The van der Waals surface area contributed by atoms with Gasteiger partial charge in [0.1, 0.15) is 5.65 Å². The quantitative estimate of drug-likeness (QED) is 0.881. The molecule has 0 spiro atoms. The highest BCUT2D eigenvalue weighted by Crippen LogP contribution is 2.28. The molecule has 0 atom stereocenters. The maximum absolute atomic E-state index is 4.88. The molecule has 3 heterocycles. The average molecular weight is 272 g/mol. The largest absolute Gasteiger partial charge is 0.346 e. The molecule has 1 fully saturated rings. The number of hydrogen-bond donors (Lipinski definition) is 2. The van der Waals surface area contributed by atoms with Gasteiger partial charge in [-0.05, 0) is 23.1 Å². The topological polar surface area (TPSA) is 44.0 Å². The standard InChI is InChI=1S/C16H24N4/c1-16(2,3)13-10-12-4-5-18-15(12)19-14(13)11-20-8-6-17-7-9-20/h4-5,10,17H,6-9,11H2,1-3H3,(H,18,19). The molecule has 3 rings (SSSR count). The number of piperazine rings is 1. The van der Waals surface area contributed by atoms with Crippen LogP contribution < -0.4 is 5.32 Å². The smallest absolute Gasteiger partial charge is 0.137 e. The maximum atomic E-state index is 4.88.